The van der Waals surface area contributed by atoms with Gasteiger partial charge in [0, 0.05) is 16.5 Å². The molecule has 0 saturated carbocycles. The Bertz CT molecular complexity index is 582. The molecular weight excluding hydrogens is 362 g/mol. The predicted molar refractivity (Wildman–Crippen MR) is 80.9 cm³/mol. The Balaban J connectivity index is 2.21. The first-order chi connectivity index (χ1) is 9.64. The third-order valence-corrected chi connectivity index (χ3v) is 4.00. The van der Waals surface area contributed by atoms with Crippen LogP contribution in [0.4, 0.5) is 4.79 Å². The number of epoxide rings is 1. The number of rotatable bonds is 4. The Morgan fingerprint density at radius 2 is 1.81 bits per heavy atom. The summed E-state index contributed by atoms with van der Waals surface area (Å²) in [6.45, 7) is 0.300. The normalized spacial score (nSPS) is 21.0. The molecule has 0 bridgehead atoms. The van der Waals surface area contributed by atoms with E-state index in [2.05, 4.69) is 0 Å². The number of primary amides is 1. The summed E-state index contributed by atoms with van der Waals surface area (Å²) >= 11 is 23.8. The van der Waals surface area contributed by atoms with Crippen molar-refractivity contribution >= 4 is 58.3 Å². The minimum absolute atomic E-state index is 0.0844. The highest BCUT2D eigenvalue weighted by Gasteiger charge is 2.54. The van der Waals surface area contributed by atoms with E-state index >= 15 is 0 Å². The molecule has 0 spiro atoms. The van der Waals surface area contributed by atoms with Crippen LogP contribution in [-0.4, -0.2) is 22.9 Å². The van der Waals surface area contributed by atoms with Gasteiger partial charge in [-0.2, -0.15) is 0 Å². The molecule has 0 radical (unpaired) electrons. The summed E-state index contributed by atoms with van der Waals surface area (Å²) in [4.78, 5) is 22.5. The van der Waals surface area contributed by atoms with Gasteiger partial charge in [-0.3, -0.25) is 10.1 Å². The smallest absolute Gasteiger partial charge is 0.318 e. The topological polar surface area (TPSA) is 84.7 Å². The first-order valence-corrected chi connectivity index (χ1v) is 7.25. The number of hydrogen-bond acceptors (Lipinski definition) is 3. The summed E-state index contributed by atoms with van der Waals surface area (Å²) in [7, 11) is 0. The zero-order chi connectivity index (χ0) is 15.8. The van der Waals surface area contributed by atoms with Crippen LogP contribution in [0.5, 0.6) is 0 Å². The number of hydrogen-bond donors (Lipinski definition) is 2. The monoisotopic (exact) mass is 370 g/mol. The van der Waals surface area contributed by atoms with E-state index in [0.29, 0.717) is 22.2 Å². The van der Waals surface area contributed by atoms with Crippen LogP contribution in [0, 0.1) is 0 Å². The van der Waals surface area contributed by atoms with Gasteiger partial charge in [-0.05, 0) is 23.8 Å². The summed E-state index contributed by atoms with van der Waals surface area (Å²) in [6, 6.07) is 3.83. The number of ether oxygens (including phenoxy) is 1. The standard InChI is InChI=1S/C12H10Cl4N2O3/c13-7-1-6(2-8(14)3-7)11(5-21-11)4-12(15,16)9(19)18-10(17)20/h1-3H,4-5H2,(H3,17,18,19,20). The molecule has 1 fully saturated rings. The van der Waals surface area contributed by atoms with Crippen LogP contribution in [0.1, 0.15) is 12.0 Å². The lowest BCUT2D eigenvalue weighted by atomic mass is 9.94. The molecule has 1 heterocycles. The van der Waals surface area contributed by atoms with Crippen molar-refractivity contribution in [3.05, 3.63) is 33.8 Å². The third kappa shape index (κ3) is 3.93. The Morgan fingerprint density at radius 3 is 2.24 bits per heavy atom. The van der Waals surface area contributed by atoms with Gasteiger partial charge < -0.3 is 10.5 Å². The van der Waals surface area contributed by atoms with Crippen LogP contribution in [0.3, 0.4) is 0 Å². The van der Waals surface area contributed by atoms with E-state index in [0.717, 1.165) is 0 Å². The number of alkyl halides is 2. The number of urea groups is 1. The highest BCUT2D eigenvalue weighted by atomic mass is 35.5. The van der Waals surface area contributed by atoms with Crippen LogP contribution < -0.4 is 11.1 Å². The Morgan fingerprint density at radius 1 is 1.29 bits per heavy atom. The summed E-state index contributed by atoms with van der Waals surface area (Å²) < 4.78 is 3.51. The van der Waals surface area contributed by atoms with Gasteiger partial charge in [-0.25, -0.2) is 4.79 Å². The highest BCUT2D eigenvalue weighted by molar-refractivity contribution is 6.58. The van der Waals surface area contributed by atoms with Crippen LogP contribution in [0.25, 0.3) is 0 Å². The van der Waals surface area contributed by atoms with Gasteiger partial charge in [0.25, 0.3) is 5.91 Å². The second-order valence-corrected chi connectivity index (χ2v) is 7.00. The largest absolute Gasteiger partial charge is 0.364 e. The van der Waals surface area contributed by atoms with Gasteiger partial charge in [0.2, 0.25) is 0 Å². The van der Waals surface area contributed by atoms with Crippen molar-refractivity contribution in [2.75, 3.05) is 6.61 Å². The number of carbonyl (C=O) groups is 2. The van der Waals surface area contributed by atoms with Gasteiger partial charge >= 0.3 is 6.03 Å². The van der Waals surface area contributed by atoms with E-state index in [1.165, 1.54) is 0 Å². The van der Waals surface area contributed by atoms with Gasteiger partial charge in [0.1, 0.15) is 5.60 Å². The fourth-order valence-electron chi connectivity index (χ4n) is 1.92. The number of halogens is 4. The SMILES string of the molecule is NC(=O)NC(=O)C(Cl)(Cl)CC1(c2cc(Cl)cc(Cl)c2)CO1. The number of benzene rings is 1. The average Bonchev–Trinajstić information content (AvgIpc) is 3.07. The zero-order valence-electron chi connectivity index (χ0n) is 10.5. The number of amides is 3. The minimum Gasteiger partial charge on any atom is -0.364 e. The summed E-state index contributed by atoms with van der Waals surface area (Å²) in [5.74, 6) is -0.915. The van der Waals surface area contributed by atoms with Crippen LogP contribution >= 0.6 is 46.4 Å². The first kappa shape index (κ1) is 16.6. The van der Waals surface area contributed by atoms with Gasteiger partial charge in [-0.15, -0.1) is 0 Å². The Labute approximate surface area is 140 Å². The quantitative estimate of drug-likeness (QED) is 0.630. The molecule has 1 saturated heterocycles. The highest BCUT2D eigenvalue weighted by Crippen LogP contribution is 2.49. The third-order valence-electron chi connectivity index (χ3n) is 2.96. The molecule has 0 aliphatic carbocycles. The molecule has 1 atom stereocenters. The summed E-state index contributed by atoms with van der Waals surface area (Å²) in [6.07, 6.45) is -0.0844. The van der Waals surface area contributed by atoms with Gasteiger partial charge in [-0.1, -0.05) is 46.4 Å². The van der Waals surface area contributed by atoms with Gasteiger partial charge in [0.05, 0.1) is 6.61 Å². The van der Waals surface area contributed by atoms with Crippen molar-refractivity contribution in [2.45, 2.75) is 16.4 Å². The molecule has 5 nitrogen and oxygen atoms in total. The van der Waals surface area contributed by atoms with E-state index in [9.17, 15) is 9.59 Å². The zero-order valence-corrected chi connectivity index (χ0v) is 13.5. The molecule has 114 valence electrons. The molecule has 3 N–H and O–H groups in total. The van der Waals surface area contributed by atoms with E-state index < -0.39 is 21.9 Å². The van der Waals surface area contributed by atoms with Crippen molar-refractivity contribution in [3.8, 4) is 0 Å². The van der Waals surface area contributed by atoms with Gasteiger partial charge in [0.15, 0.2) is 4.33 Å². The lowest BCUT2D eigenvalue weighted by Gasteiger charge is -2.22. The number of nitrogens with two attached hydrogens (primary N) is 1. The maximum absolute atomic E-state index is 11.8. The first-order valence-electron chi connectivity index (χ1n) is 5.74. The molecule has 1 aliphatic rings. The minimum atomic E-state index is -1.89. The molecule has 2 rings (SSSR count). The van der Waals surface area contributed by atoms with E-state index in [1.807, 2.05) is 5.32 Å². The van der Waals surface area contributed by atoms with Crippen molar-refractivity contribution in [1.82, 2.24) is 5.32 Å². The molecule has 1 unspecified atom stereocenters. The Hall–Kier alpha value is -0.720. The second-order valence-electron chi connectivity index (χ2n) is 4.64. The maximum atomic E-state index is 11.8. The Kier molecular flexibility index (Phi) is 4.61. The molecule has 21 heavy (non-hydrogen) atoms. The van der Waals surface area contributed by atoms with Crippen molar-refractivity contribution in [1.29, 1.82) is 0 Å². The average molecular weight is 372 g/mol. The lowest BCUT2D eigenvalue weighted by molar-refractivity contribution is -0.121. The molecule has 0 aromatic heterocycles. The summed E-state index contributed by atoms with van der Waals surface area (Å²) in [5, 5.41) is 2.68. The number of nitrogens with one attached hydrogen (secondary N) is 1. The predicted octanol–water partition coefficient (Wildman–Crippen LogP) is 2.98. The van der Waals surface area contributed by atoms with Crippen LogP contribution in [0.2, 0.25) is 10.0 Å². The second kappa shape index (κ2) is 5.82. The van der Waals surface area contributed by atoms with E-state index in [1.54, 1.807) is 18.2 Å². The van der Waals surface area contributed by atoms with Crippen molar-refractivity contribution in [2.24, 2.45) is 5.73 Å². The fraction of sp³-hybridized carbons (Fsp3) is 0.333. The number of imide groups is 1. The van der Waals surface area contributed by atoms with E-state index in [-0.39, 0.29) is 6.42 Å². The molecule has 9 heteroatoms. The molecule has 1 aromatic carbocycles. The maximum Gasteiger partial charge on any atom is 0.318 e. The molecule has 1 aliphatic heterocycles. The lowest BCUT2D eigenvalue weighted by Crippen LogP contribution is -2.45. The fourth-order valence-corrected chi connectivity index (χ4v) is 2.97. The molecule has 1 aromatic rings. The summed E-state index contributed by atoms with van der Waals surface area (Å²) in [5.41, 5.74) is 4.65. The van der Waals surface area contributed by atoms with Crippen LogP contribution in [0.15, 0.2) is 18.2 Å². The van der Waals surface area contributed by atoms with Crippen molar-refractivity contribution in [3.63, 3.8) is 0 Å². The molecule has 3 amide bonds. The molecular formula is C12H10Cl4N2O3. The van der Waals surface area contributed by atoms with Crippen molar-refractivity contribution < 1.29 is 14.3 Å². The van der Waals surface area contributed by atoms with E-state index in [4.69, 9.17) is 56.9 Å². The number of carbonyl (C=O) groups excluding carboxylic acids is 2. The van der Waals surface area contributed by atoms with Crippen LogP contribution in [-0.2, 0) is 15.1 Å².